The van der Waals surface area contributed by atoms with Crippen LogP contribution in [0.25, 0.3) is 56.0 Å². The summed E-state index contributed by atoms with van der Waals surface area (Å²) in [4.78, 5) is 22.1. The second-order valence-corrected chi connectivity index (χ2v) is 10.5. The predicted octanol–water partition coefficient (Wildman–Crippen LogP) is 5.97. The smallest absolute Gasteiger partial charge is 0.159 e. The second kappa shape index (κ2) is 9.49. The summed E-state index contributed by atoms with van der Waals surface area (Å²) in [5.41, 5.74) is 8.33. The molecule has 0 radical (unpaired) electrons. The van der Waals surface area contributed by atoms with E-state index in [4.69, 9.17) is 4.98 Å². The molecule has 8 nitrogen and oxygen atoms in total. The molecule has 0 aliphatic heterocycles. The van der Waals surface area contributed by atoms with E-state index in [0.29, 0.717) is 5.82 Å². The summed E-state index contributed by atoms with van der Waals surface area (Å²) in [6.07, 6.45) is 12.9. The molecule has 9 heteroatoms. The standard InChI is InChI=1S/C28H26N8S/c1-2-4-17(3-1)11-29-12-18-9-20(14-30-13-18)23-10-21-24(15-32-23)35-36-26(21)28-33-22-5-7-31-25(27(22)34-28)19-6-8-37-16-19/h5-10,13-17,29H,1-4,11-12H2,(H,33,34)(H,35,36). The number of hydrogen-bond acceptors (Lipinski definition) is 7. The van der Waals surface area contributed by atoms with Crippen molar-refractivity contribution in [3.05, 3.63) is 65.4 Å². The van der Waals surface area contributed by atoms with E-state index in [1.165, 1.54) is 25.7 Å². The number of pyridine rings is 3. The summed E-state index contributed by atoms with van der Waals surface area (Å²) in [7, 11) is 0. The van der Waals surface area contributed by atoms with E-state index in [-0.39, 0.29) is 0 Å². The van der Waals surface area contributed by atoms with E-state index >= 15 is 0 Å². The van der Waals surface area contributed by atoms with Gasteiger partial charge >= 0.3 is 0 Å². The van der Waals surface area contributed by atoms with Crippen LogP contribution in [0, 0.1) is 5.92 Å². The number of aromatic amines is 2. The topological polar surface area (TPSA) is 108 Å². The molecule has 3 N–H and O–H groups in total. The molecule has 0 atom stereocenters. The molecule has 0 saturated heterocycles. The Bertz CT molecular complexity index is 1680. The summed E-state index contributed by atoms with van der Waals surface area (Å²) in [5.74, 6) is 1.51. The van der Waals surface area contributed by atoms with E-state index in [1.807, 2.05) is 30.9 Å². The number of thiophene rings is 1. The second-order valence-electron chi connectivity index (χ2n) is 9.70. The highest BCUT2D eigenvalue weighted by Gasteiger charge is 2.17. The SMILES string of the molecule is c1cc2[nH]c(-c3n[nH]c4cnc(-c5cncc(CNCC6CCCC6)c5)cc34)nc2c(-c2ccsc2)n1. The molecule has 0 unspecified atom stereocenters. The number of imidazole rings is 1. The monoisotopic (exact) mass is 506 g/mol. The molecule has 37 heavy (non-hydrogen) atoms. The Labute approximate surface area is 217 Å². The minimum atomic E-state index is 0.700. The molecule has 1 fully saturated rings. The van der Waals surface area contributed by atoms with Crippen molar-refractivity contribution in [2.45, 2.75) is 32.2 Å². The van der Waals surface area contributed by atoms with E-state index in [0.717, 1.165) is 74.7 Å². The zero-order valence-electron chi connectivity index (χ0n) is 20.2. The summed E-state index contributed by atoms with van der Waals surface area (Å²) < 4.78 is 0. The van der Waals surface area contributed by atoms with Crippen LogP contribution in [-0.2, 0) is 6.54 Å². The van der Waals surface area contributed by atoms with Gasteiger partial charge in [-0.2, -0.15) is 16.4 Å². The van der Waals surface area contributed by atoms with Gasteiger partial charge in [0.1, 0.15) is 11.2 Å². The largest absolute Gasteiger partial charge is 0.336 e. The fourth-order valence-electron chi connectivity index (χ4n) is 5.27. The minimum absolute atomic E-state index is 0.700. The molecule has 0 amide bonds. The lowest BCUT2D eigenvalue weighted by molar-refractivity contribution is 0.489. The molecule has 0 aromatic carbocycles. The van der Waals surface area contributed by atoms with Crippen molar-refractivity contribution in [2.24, 2.45) is 5.92 Å². The Morgan fingerprint density at radius 1 is 0.973 bits per heavy atom. The van der Waals surface area contributed by atoms with Gasteiger partial charge in [0.25, 0.3) is 0 Å². The van der Waals surface area contributed by atoms with E-state index in [9.17, 15) is 0 Å². The third kappa shape index (κ3) is 4.30. The third-order valence-electron chi connectivity index (χ3n) is 7.19. The molecule has 184 valence electrons. The number of aromatic nitrogens is 7. The van der Waals surface area contributed by atoms with Crippen LogP contribution >= 0.6 is 11.3 Å². The quantitative estimate of drug-likeness (QED) is 0.246. The van der Waals surface area contributed by atoms with Crippen LogP contribution in [0.3, 0.4) is 0 Å². The molecule has 1 aliphatic carbocycles. The van der Waals surface area contributed by atoms with Crippen molar-refractivity contribution < 1.29 is 0 Å². The van der Waals surface area contributed by atoms with Crippen molar-refractivity contribution in [2.75, 3.05) is 6.54 Å². The molecule has 1 saturated carbocycles. The zero-order chi connectivity index (χ0) is 24.6. The highest BCUT2D eigenvalue weighted by Crippen LogP contribution is 2.32. The number of hydrogen-bond donors (Lipinski definition) is 3. The van der Waals surface area contributed by atoms with Gasteiger partial charge < -0.3 is 10.3 Å². The first-order valence-corrected chi connectivity index (χ1v) is 13.6. The number of nitrogens with one attached hydrogen (secondary N) is 3. The highest BCUT2D eigenvalue weighted by atomic mass is 32.1. The molecule has 1 aliphatic rings. The van der Waals surface area contributed by atoms with Crippen LogP contribution in [0.2, 0.25) is 0 Å². The van der Waals surface area contributed by atoms with Gasteiger partial charge in [-0.1, -0.05) is 12.8 Å². The molecule has 6 aromatic rings. The number of H-pyrrole nitrogens is 2. The normalized spacial score (nSPS) is 14.3. The minimum Gasteiger partial charge on any atom is -0.336 e. The van der Waals surface area contributed by atoms with Crippen LogP contribution in [0.1, 0.15) is 31.2 Å². The first-order chi connectivity index (χ1) is 18.3. The van der Waals surface area contributed by atoms with E-state index in [1.54, 1.807) is 11.3 Å². The molecule has 6 aromatic heterocycles. The maximum Gasteiger partial charge on any atom is 0.159 e. The van der Waals surface area contributed by atoms with Crippen molar-refractivity contribution in [3.8, 4) is 34.0 Å². The summed E-state index contributed by atoms with van der Waals surface area (Å²) in [6, 6.07) is 8.24. The zero-order valence-corrected chi connectivity index (χ0v) is 21.1. The Kier molecular flexibility index (Phi) is 5.71. The molecule has 0 bridgehead atoms. The molecule has 7 rings (SSSR count). The van der Waals surface area contributed by atoms with Gasteiger partial charge in [0.2, 0.25) is 0 Å². The first kappa shape index (κ1) is 22.3. The molecule has 0 spiro atoms. The van der Waals surface area contributed by atoms with Crippen LogP contribution in [0.15, 0.2) is 59.8 Å². The van der Waals surface area contributed by atoms with E-state index in [2.05, 4.69) is 64.4 Å². The van der Waals surface area contributed by atoms with Crippen LogP contribution in [0.4, 0.5) is 0 Å². The van der Waals surface area contributed by atoms with Crippen molar-refractivity contribution in [3.63, 3.8) is 0 Å². The maximum absolute atomic E-state index is 4.91. The lowest BCUT2D eigenvalue weighted by Crippen LogP contribution is -2.20. The van der Waals surface area contributed by atoms with Gasteiger partial charge in [0.05, 0.1) is 28.6 Å². The Morgan fingerprint density at radius 3 is 2.81 bits per heavy atom. The lowest BCUT2D eigenvalue weighted by Gasteiger charge is -2.11. The molecule has 6 heterocycles. The summed E-state index contributed by atoms with van der Waals surface area (Å²) in [5, 5.41) is 16.4. The lowest BCUT2D eigenvalue weighted by atomic mass is 10.1. The molecular weight excluding hydrogens is 480 g/mol. The summed E-state index contributed by atoms with van der Waals surface area (Å²) in [6.45, 7) is 1.89. The van der Waals surface area contributed by atoms with E-state index < -0.39 is 0 Å². The van der Waals surface area contributed by atoms with Crippen molar-refractivity contribution in [1.82, 2.24) is 40.4 Å². The van der Waals surface area contributed by atoms with Crippen LogP contribution in [-0.4, -0.2) is 41.7 Å². The maximum atomic E-state index is 4.91. The fraction of sp³-hybridized carbons (Fsp3) is 0.250. The summed E-state index contributed by atoms with van der Waals surface area (Å²) >= 11 is 1.65. The van der Waals surface area contributed by atoms with Crippen LogP contribution in [0.5, 0.6) is 0 Å². The van der Waals surface area contributed by atoms with Crippen molar-refractivity contribution in [1.29, 1.82) is 0 Å². The van der Waals surface area contributed by atoms with Gasteiger partial charge in [-0.15, -0.1) is 0 Å². The average molecular weight is 507 g/mol. The van der Waals surface area contributed by atoms with Gasteiger partial charge in [0.15, 0.2) is 5.82 Å². The van der Waals surface area contributed by atoms with Gasteiger partial charge in [-0.05, 0) is 60.5 Å². The first-order valence-electron chi connectivity index (χ1n) is 12.7. The highest BCUT2D eigenvalue weighted by molar-refractivity contribution is 7.08. The Balaban J connectivity index is 1.20. The van der Waals surface area contributed by atoms with Crippen LogP contribution < -0.4 is 5.32 Å². The molecular formula is C28H26N8S. The average Bonchev–Trinajstić information content (AvgIpc) is 3.74. The number of rotatable bonds is 7. The Morgan fingerprint density at radius 2 is 1.92 bits per heavy atom. The van der Waals surface area contributed by atoms with Gasteiger partial charge in [0, 0.05) is 47.0 Å². The Hall–Kier alpha value is -3.95. The van der Waals surface area contributed by atoms with Gasteiger partial charge in [-0.3, -0.25) is 20.1 Å². The third-order valence-corrected chi connectivity index (χ3v) is 7.88. The predicted molar refractivity (Wildman–Crippen MR) is 147 cm³/mol. The fourth-order valence-corrected chi connectivity index (χ4v) is 5.91. The van der Waals surface area contributed by atoms with Crippen molar-refractivity contribution >= 4 is 33.3 Å². The number of nitrogens with zero attached hydrogens (tertiary/aromatic N) is 5. The number of fused-ring (bicyclic) bond motifs is 2. The van der Waals surface area contributed by atoms with Gasteiger partial charge in [-0.25, -0.2) is 4.98 Å².